The second-order valence-electron chi connectivity index (χ2n) is 7.60. The molecule has 0 bridgehead atoms. The number of ether oxygens (including phenoxy) is 1. The van der Waals surface area contributed by atoms with Crippen LogP contribution in [0.1, 0.15) is 58.9 Å². The van der Waals surface area contributed by atoms with Crippen molar-refractivity contribution < 1.29 is 14.6 Å². The molecule has 4 rings (SSSR count). The minimum Gasteiger partial charge on any atom is -0.488 e. The summed E-state index contributed by atoms with van der Waals surface area (Å²) in [5.41, 5.74) is 6.05. The average molecular weight is 434 g/mol. The first-order valence-corrected chi connectivity index (χ1v) is 10.9. The summed E-state index contributed by atoms with van der Waals surface area (Å²) >= 11 is 6.34. The monoisotopic (exact) mass is 433 g/mol. The van der Waals surface area contributed by atoms with Crippen molar-refractivity contribution in [1.82, 2.24) is 4.98 Å². The summed E-state index contributed by atoms with van der Waals surface area (Å²) in [7, 11) is 0. The Balaban J connectivity index is 1.74. The van der Waals surface area contributed by atoms with E-state index in [4.69, 9.17) is 16.3 Å². The number of aromatic nitrogens is 1. The van der Waals surface area contributed by atoms with Crippen LogP contribution >= 0.6 is 11.6 Å². The number of carboxylic acid groups (broad SMARTS) is 1. The molecule has 0 amide bonds. The topological polar surface area (TPSA) is 59.4 Å². The number of rotatable bonds is 7. The van der Waals surface area contributed by atoms with Gasteiger partial charge < -0.3 is 9.84 Å². The highest BCUT2D eigenvalue weighted by Gasteiger charge is 2.23. The Bertz CT molecular complexity index is 1140. The molecule has 0 spiro atoms. The molecule has 1 aliphatic carbocycles. The zero-order chi connectivity index (χ0) is 21.8. The van der Waals surface area contributed by atoms with E-state index in [-0.39, 0.29) is 5.56 Å². The van der Waals surface area contributed by atoms with Crippen LogP contribution in [0.15, 0.2) is 60.8 Å². The molecule has 0 radical (unpaired) electrons. The van der Waals surface area contributed by atoms with Crippen molar-refractivity contribution >= 4 is 28.7 Å². The Morgan fingerprint density at radius 3 is 2.61 bits per heavy atom. The number of nitrogens with zero attached hydrogens (tertiary/aromatic N) is 1. The average Bonchev–Trinajstić information content (AvgIpc) is 3.28. The van der Waals surface area contributed by atoms with E-state index in [0.29, 0.717) is 23.7 Å². The molecule has 4 nitrogen and oxygen atoms in total. The zero-order valence-corrected chi connectivity index (χ0v) is 18.2. The van der Waals surface area contributed by atoms with Crippen molar-refractivity contribution in [3.8, 4) is 5.75 Å². The number of benzene rings is 2. The van der Waals surface area contributed by atoms with Crippen molar-refractivity contribution in [1.29, 1.82) is 0 Å². The molecule has 1 aromatic heterocycles. The molecule has 158 valence electrons. The van der Waals surface area contributed by atoms with Gasteiger partial charge in [-0.15, -0.1) is 0 Å². The van der Waals surface area contributed by atoms with Gasteiger partial charge in [-0.3, -0.25) is 4.98 Å². The predicted octanol–water partition coefficient (Wildman–Crippen LogP) is 6.67. The highest BCUT2D eigenvalue weighted by Crippen LogP contribution is 2.43. The number of hydrogen-bond acceptors (Lipinski definition) is 3. The van der Waals surface area contributed by atoms with Gasteiger partial charge in [-0.1, -0.05) is 48.9 Å². The van der Waals surface area contributed by atoms with Crippen molar-refractivity contribution in [2.24, 2.45) is 0 Å². The zero-order valence-electron chi connectivity index (χ0n) is 17.4. The smallest absolute Gasteiger partial charge is 0.337 e. The van der Waals surface area contributed by atoms with E-state index in [1.165, 1.54) is 0 Å². The Kier molecular flexibility index (Phi) is 6.38. The summed E-state index contributed by atoms with van der Waals surface area (Å²) in [5, 5.41) is 10.3. The lowest BCUT2D eigenvalue weighted by atomic mass is 9.96. The number of hydrogen-bond donors (Lipinski definition) is 1. The van der Waals surface area contributed by atoms with E-state index >= 15 is 0 Å². The van der Waals surface area contributed by atoms with Gasteiger partial charge in [0.05, 0.1) is 11.3 Å². The summed E-state index contributed by atoms with van der Waals surface area (Å²) in [5.74, 6) is -0.166. The first-order chi connectivity index (χ1) is 15.1. The first kappa shape index (κ1) is 21.1. The molecule has 5 heteroatoms. The van der Waals surface area contributed by atoms with Gasteiger partial charge in [0.25, 0.3) is 0 Å². The maximum atomic E-state index is 11.7. The summed E-state index contributed by atoms with van der Waals surface area (Å²) in [6.45, 7) is 2.38. The third-order valence-electron chi connectivity index (χ3n) is 5.61. The first-order valence-electron chi connectivity index (χ1n) is 10.5. The number of aromatic carboxylic acids is 1. The minimum absolute atomic E-state index is 0.269. The molecule has 1 N–H and O–H groups in total. The van der Waals surface area contributed by atoms with Gasteiger partial charge in [0, 0.05) is 16.8 Å². The molecule has 2 aromatic carbocycles. The normalized spacial score (nSPS) is 13.5. The minimum atomic E-state index is -0.944. The van der Waals surface area contributed by atoms with E-state index in [1.807, 2.05) is 55.5 Å². The van der Waals surface area contributed by atoms with Crippen molar-refractivity contribution in [3.05, 3.63) is 93.8 Å². The largest absolute Gasteiger partial charge is 0.488 e. The van der Waals surface area contributed by atoms with Gasteiger partial charge in [0.1, 0.15) is 12.4 Å². The molecule has 0 fully saturated rings. The van der Waals surface area contributed by atoms with Crippen molar-refractivity contribution in [3.63, 3.8) is 0 Å². The van der Waals surface area contributed by atoms with Crippen molar-refractivity contribution in [2.75, 3.05) is 0 Å². The molecule has 0 saturated heterocycles. The summed E-state index contributed by atoms with van der Waals surface area (Å²) in [4.78, 5) is 16.2. The Morgan fingerprint density at radius 2 is 1.87 bits per heavy atom. The Hall–Kier alpha value is -3.11. The molecule has 31 heavy (non-hydrogen) atoms. The number of carboxylic acids is 1. The molecular formula is C26H24ClNO3. The maximum absolute atomic E-state index is 11.7. The molecule has 0 atom stereocenters. The number of carbonyl (C=O) groups is 1. The number of pyridine rings is 1. The number of aryl methyl sites for hydroxylation is 1. The van der Waals surface area contributed by atoms with Crippen LogP contribution < -0.4 is 4.74 Å². The molecule has 0 unspecified atom stereocenters. The summed E-state index contributed by atoms with van der Waals surface area (Å²) < 4.78 is 6.17. The van der Waals surface area contributed by atoms with E-state index in [9.17, 15) is 9.90 Å². The fourth-order valence-corrected chi connectivity index (χ4v) is 4.26. The van der Waals surface area contributed by atoms with Gasteiger partial charge >= 0.3 is 5.97 Å². The molecular weight excluding hydrogens is 410 g/mol. The number of allylic oxidation sites excluding steroid dienone is 2. The van der Waals surface area contributed by atoms with Crippen LogP contribution in [0.25, 0.3) is 11.1 Å². The van der Waals surface area contributed by atoms with Gasteiger partial charge in [0.2, 0.25) is 0 Å². The van der Waals surface area contributed by atoms with Crippen molar-refractivity contribution in [2.45, 2.75) is 39.2 Å². The second-order valence-corrected chi connectivity index (χ2v) is 8.04. The third kappa shape index (κ3) is 4.64. The van der Waals surface area contributed by atoms with Gasteiger partial charge in [0.15, 0.2) is 0 Å². The van der Waals surface area contributed by atoms with Crippen LogP contribution in [0.5, 0.6) is 5.75 Å². The summed E-state index contributed by atoms with van der Waals surface area (Å²) in [6, 6.07) is 17.5. The molecule has 3 aromatic rings. The van der Waals surface area contributed by atoms with Crippen LogP contribution in [-0.4, -0.2) is 16.1 Å². The fraction of sp³-hybridized carbons (Fsp3) is 0.231. The molecule has 1 heterocycles. The number of halogens is 1. The van der Waals surface area contributed by atoms with E-state index in [0.717, 1.165) is 52.8 Å². The molecule has 1 aliphatic rings. The van der Waals surface area contributed by atoms with Crippen LogP contribution in [-0.2, 0) is 13.0 Å². The predicted molar refractivity (Wildman–Crippen MR) is 123 cm³/mol. The van der Waals surface area contributed by atoms with Gasteiger partial charge in [-0.05, 0) is 72.2 Å². The molecule has 0 saturated carbocycles. The lowest BCUT2D eigenvalue weighted by Gasteiger charge is -2.15. The Labute approximate surface area is 187 Å². The second kappa shape index (κ2) is 9.36. The third-order valence-corrected chi connectivity index (χ3v) is 5.84. The van der Waals surface area contributed by atoms with Crippen LogP contribution in [0.2, 0.25) is 5.02 Å². The van der Waals surface area contributed by atoms with E-state index < -0.39 is 5.97 Å². The summed E-state index contributed by atoms with van der Waals surface area (Å²) in [6.07, 6.45) is 5.12. The highest BCUT2D eigenvalue weighted by molar-refractivity contribution is 6.30. The maximum Gasteiger partial charge on any atom is 0.337 e. The fourth-order valence-electron chi connectivity index (χ4n) is 4.08. The van der Waals surface area contributed by atoms with Crippen LogP contribution in [0.3, 0.4) is 0 Å². The standard InChI is InChI=1S/C26H24ClNO3/c1-2-24-23(26(29)30)13-18(15-28-24)20-9-6-10-21(20)22-14-19(27)11-12-25(22)31-16-17-7-4-3-5-8-17/h3-5,7-8,11-15H,2,6,9-10,16H2,1H3,(H,29,30). The van der Waals surface area contributed by atoms with Crippen LogP contribution in [0, 0.1) is 0 Å². The SMILES string of the molecule is CCc1ncc(C2=C(c3cc(Cl)ccc3OCc3ccccc3)CCC2)cc1C(=O)O. The van der Waals surface area contributed by atoms with E-state index in [2.05, 4.69) is 4.98 Å². The van der Waals surface area contributed by atoms with E-state index in [1.54, 1.807) is 12.3 Å². The lowest BCUT2D eigenvalue weighted by Crippen LogP contribution is -2.05. The Morgan fingerprint density at radius 1 is 1.10 bits per heavy atom. The molecule has 0 aliphatic heterocycles. The van der Waals surface area contributed by atoms with Crippen LogP contribution in [0.4, 0.5) is 0 Å². The highest BCUT2D eigenvalue weighted by atomic mass is 35.5. The quantitative estimate of drug-likeness (QED) is 0.452. The lowest BCUT2D eigenvalue weighted by molar-refractivity contribution is 0.0695. The van der Waals surface area contributed by atoms with Gasteiger partial charge in [-0.2, -0.15) is 0 Å². The van der Waals surface area contributed by atoms with Gasteiger partial charge in [-0.25, -0.2) is 4.79 Å².